The fraction of sp³-hybridized carbons (Fsp3) is 0.318. The summed E-state index contributed by atoms with van der Waals surface area (Å²) >= 11 is 12.1. The van der Waals surface area contributed by atoms with E-state index in [1.54, 1.807) is 30.1 Å². The zero-order valence-corrected chi connectivity index (χ0v) is 18.3. The van der Waals surface area contributed by atoms with E-state index < -0.39 is 11.8 Å². The number of amides is 3. The van der Waals surface area contributed by atoms with Gasteiger partial charge in [-0.15, -0.1) is 0 Å². The Morgan fingerprint density at radius 2 is 1.77 bits per heavy atom. The molecule has 158 valence electrons. The Morgan fingerprint density at radius 1 is 1.13 bits per heavy atom. The average Bonchev–Trinajstić information content (AvgIpc) is 3.11. The first-order valence-corrected chi connectivity index (χ1v) is 10.4. The number of likely N-dealkylation sites (N-methyl/N-ethyl adjacent to an activating group) is 1. The molecule has 2 aromatic carbocycles. The molecule has 2 aromatic rings. The highest BCUT2D eigenvalue weighted by Crippen LogP contribution is 2.31. The van der Waals surface area contributed by atoms with Gasteiger partial charge in [-0.2, -0.15) is 0 Å². The smallest absolute Gasteiger partial charge is 0.244 e. The van der Waals surface area contributed by atoms with E-state index >= 15 is 0 Å². The van der Waals surface area contributed by atoms with E-state index in [2.05, 4.69) is 5.32 Å². The molecule has 3 rings (SSSR count). The van der Waals surface area contributed by atoms with E-state index in [1.165, 1.54) is 4.90 Å². The number of anilines is 1. The number of benzene rings is 2. The number of likely N-dealkylation sites (tertiary alicyclic amines) is 1. The Hall–Kier alpha value is -2.57. The maximum absolute atomic E-state index is 12.8. The second-order valence-corrected chi connectivity index (χ2v) is 8.19. The quantitative estimate of drug-likeness (QED) is 0.727. The molecule has 0 bridgehead atoms. The summed E-state index contributed by atoms with van der Waals surface area (Å²) < 4.78 is 0. The number of carbonyl (C=O) groups is 3. The molecule has 0 unspecified atom stereocenters. The fourth-order valence-corrected chi connectivity index (χ4v) is 4.08. The molecule has 1 aliphatic heterocycles. The van der Waals surface area contributed by atoms with Gasteiger partial charge in [0, 0.05) is 20.0 Å². The number of nitrogens with one attached hydrogen (secondary N) is 1. The van der Waals surface area contributed by atoms with Crippen LogP contribution in [0.5, 0.6) is 0 Å². The molecule has 2 atom stereocenters. The first kappa shape index (κ1) is 22.1. The zero-order valence-electron chi connectivity index (χ0n) is 16.8. The number of nitrogens with zero attached hydrogens (tertiary/aromatic N) is 2. The standard InChI is InChI=1S/C22H23Cl2N3O3/c1-14(15-7-4-3-5-8-15)27-12-16(11-20(27)29)22(30)26(2)13-19(28)25-21-17(23)9-6-10-18(21)24/h3-10,14,16H,11-13H2,1-2H3,(H,25,28)/t14-,16+/m1/s1. The summed E-state index contributed by atoms with van der Waals surface area (Å²) in [5, 5.41) is 3.27. The minimum Gasteiger partial charge on any atom is -0.336 e. The lowest BCUT2D eigenvalue weighted by Crippen LogP contribution is -2.39. The highest BCUT2D eigenvalue weighted by Gasteiger charge is 2.38. The van der Waals surface area contributed by atoms with Crippen molar-refractivity contribution in [3.63, 3.8) is 0 Å². The minimum absolute atomic E-state index is 0.0644. The molecular formula is C22H23Cl2N3O3. The van der Waals surface area contributed by atoms with E-state index in [9.17, 15) is 14.4 Å². The van der Waals surface area contributed by atoms with Crippen LogP contribution in [0.25, 0.3) is 0 Å². The van der Waals surface area contributed by atoms with E-state index in [0.29, 0.717) is 22.3 Å². The molecule has 1 aliphatic rings. The SMILES string of the molecule is C[C@H](c1ccccc1)N1C[C@@H](C(=O)N(C)CC(=O)Nc2c(Cl)cccc2Cl)CC1=O. The van der Waals surface area contributed by atoms with Crippen LogP contribution in [0.3, 0.4) is 0 Å². The van der Waals surface area contributed by atoms with Crippen LogP contribution >= 0.6 is 23.2 Å². The maximum atomic E-state index is 12.8. The van der Waals surface area contributed by atoms with Crippen molar-refractivity contribution in [3.05, 3.63) is 64.1 Å². The van der Waals surface area contributed by atoms with Crippen LogP contribution in [0, 0.1) is 5.92 Å². The Morgan fingerprint density at radius 3 is 2.40 bits per heavy atom. The van der Waals surface area contributed by atoms with Gasteiger partial charge >= 0.3 is 0 Å². The van der Waals surface area contributed by atoms with Crippen LogP contribution in [0.15, 0.2) is 48.5 Å². The monoisotopic (exact) mass is 447 g/mol. The molecule has 0 saturated carbocycles. The highest BCUT2D eigenvalue weighted by molar-refractivity contribution is 6.39. The molecule has 0 radical (unpaired) electrons. The third-order valence-electron chi connectivity index (χ3n) is 5.24. The van der Waals surface area contributed by atoms with Crippen molar-refractivity contribution in [2.24, 2.45) is 5.92 Å². The molecule has 3 amide bonds. The fourth-order valence-electron chi connectivity index (χ4n) is 3.58. The molecule has 1 N–H and O–H groups in total. The van der Waals surface area contributed by atoms with Gasteiger partial charge < -0.3 is 15.1 Å². The molecule has 1 fully saturated rings. The molecule has 8 heteroatoms. The maximum Gasteiger partial charge on any atom is 0.244 e. The van der Waals surface area contributed by atoms with Crippen LogP contribution in [0.4, 0.5) is 5.69 Å². The predicted octanol–water partition coefficient (Wildman–Crippen LogP) is 4.00. The van der Waals surface area contributed by atoms with Crippen LogP contribution in [-0.2, 0) is 14.4 Å². The van der Waals surface area contributed by atoms with Gasteiger partial charge in [-0.3, -0.25) is 14.4 Å². The van der Waals surface area contributed by atoms with Gasteiger partial charge in [0.1, 0.15) is 0 Å². The summed E-state index contributed by atoms with van der Waals surface area (Å²) in [5.74, 6) is -1.21. The normalized spacial score (nSPS) is 17.0. The second-order valence-electron chi connectivity index (χ2n) is 7.37. The summed E-state index contributed by atoms with van der Waals surface area (Å²) in [4.78, 5) is 40.8. The molecule has 1 saturated heterocycles. The van der Waals surface area contributed by atoms with Crippen molar-refractivity contribution in [1.29, 1.82) is 0 Å². The Balaban J connectivity index is 1.59. The summed E-state index contributed by atoms with van der Waals surface area (Å²) in [6.07, 6.45) is 0.137. The summed E-state index contributed by atoms with van der Waals surface area (Å²) in [6, 6.07) is 14.5. The van der Waals surface area contributed by atoms with Gasteiger partial charge in [0.2, 0.25) is 17.7 Å². The van der Waals surface area contributed by atoms with Gasteiger partial charge in [0.05, 0.1) is 34.2 Å². The molecule has 0 spiro atoms. The lowest BCUT2D eigenvalue weighted by atomic mass is 10.1. The summed E-state index contributed by atoms with van der Waals surface area (Å²) in [6.45, 7) is 2.11. The molecule has 1 heterocycles. The van der Waals surface area contributed by atoms with Crippen molar-refractivity contribution >= 4 is 46.6 Å². The van der Waals surface area contributed by atoms with Crippen LogP contribution < -0.4 is 5.32 Å². The van der Waals surface area contributed by atoms with Crippen molar-refractivity contribution < 1.29 is 14.4 Å². The number of hydrogen-bond donors (Lipinski definition) is 1. The first-order chi connectivity index (χ1) is 14.3. The molecule has 0 aliphatic carbocycles. The van der Waals surface area contributed by atoms with Gasteiger partial charge in [-0.05, 0) is 24.6 Å². The van der Waals surface area contributed by atoms with Crippen molar-refractivity contribution in [3.8, 4) is 0 Å². The highest BCUT2D eigenvalue weighted by atomic mass is 35.5. The summed E-state index contributed by atoms with van der Waals surface area (Å²) in [7, 11) is 1.55. The third-order valence-corrected chi connectivity index (χ3v) is 5.87. The lowest BCUT2D eigenvalue weighted by molar-refractivity contribution is -0.137. The Bertz CT molecular complexity index is 932. The zero-order chi connectivity index (χ0) is 21.8. The van der Waals surface area contributed by atoms with Crippen molar-refractivity contribution in [2.75, 3.05) is 25.5 Å². The molecule has 6 nitrogen and oxygen atoms in total. The number of rotatable bonds is 6. The average molecular weight is 448 g/mol. The Kier molecular flexibility index (Phi) is 7.00. The van der Waals surface area contributed by atoms with Crippen LogP contribution in [0.1, 0.15) is 24.9 Å². The van der Waals surface area contributed by atoms with E-state index in [0.717, 1.165) is 5.56 Å². The predicted molar refractivity (Wildman–Crippen MR) is 117 cm³/mol. The van der Waals surface area contributed by atoms with Crippen molar-refractivity contribution in [1.82, 2.24) is 9.80 Å². The number of halogens is 2. The third kappa shape index (κ3) is 4.94. The van der Waals surface area contributed by atoms with Crippen LogP contribution in [0.2, 0.25) is 10.0 Å². The van der Waals surface area contributed by atoms with E-state index in [1.807, 2.05) is 37.3 Å². The molecular weight excluding hydrogens is 425 g/mol. The summed E-state index contributed by atoms with van der Waals surface area (Å²) in [5.41, 5.74) is 1.33. The molecule has 0 aromatic heterocycles. The van der Waals surface area contributed by atoms with Gasteiger partial charge in [-0.1, -0.05) is 59.6 Å². The first-order valence-electron chi connectivity index (χ1n) is 9.61. The van der Waals surface area contributed by atoms with E-state index in [-0.39, 0.29) is 30.8 Å². The van der Waals surface area contributed by atoms with Gasteiger partial charge in [0.25, 0.3) is 0 Å². The van der Waals surface area contributed by atoms with Gasteiger partial charge in [0.15, 0.2) is 0 Å². The van der Waals surface area contributed by atoms with E-state index in [4.69, 9.17) is 23.2 Å². The largest absolute Gasteiger partial charge is 0.336 e. The van der Waals surface area contributed by atoms with Crippen molar-refractivity contribution in [2.45, 2.75) is 19.4 Å². The second kappa shape index (κ2) is 9.49. The molecule has 30 heavy (non-hydrogen) atoms. The topological polar surface area (TPSA) is 69.7 Å². The van der Waals surface area contributed by atoms with Gasteiger partial charge in [-0.25, -0.2) is 0 Å². The number of hydrogen-bond acceptors (Lipinski definition) is 3. The Labute approximate surface area is 185 Å². The number of para-hydroxylation sites is 1. The number of carbonyl (C=O) groups excluding carboxylic acids is 3. The van der Waals surface area contributed by atoms with Crippen LogP contribution in [-0.4, -0.2) is 47.7 Å². The minimum atomic E-state index is -0.481. The lowest BCUT2D eigenvalue weighted by Gasteiger charge is -2.26.